The molecule has 3 aromatic carbocycles. The molecule has 5 N–H and O–H groups in total. The average Bonchev–Trinajstić information content (AvgIpc) is 3.67. The first-order chi connectivity index (χ1) is 30.6. The quantitative estimate of drug-likeness (QED) is 0.0288. The van der Waals surface area contributed by atoms with Crippen LogP contribution < -0.4 is 20.5 Å². The van der Waals surface area contributed by atoms with Crippen LogP contribution in [0.25, 0.3) is 10.9 Å². The Kier molecular flexibility index (Phi) is 24.6. The van der Waals surface area contributed by atoms with Crippen LogP contribution in [0, 0.1) is 0 Å². The number of unbranched alkanes of at least 4 members (excludes halogenated alkanes) is 9. The first-order valence-electron chi connectivity index (χ1n) is 22.9. The van der Waals surface area contributed by atoms with E-state index in [2.05, 4.69) is 46.6 Å². The van der Waals surface area contributed by atoms with Crippen LogP contribution in [0.4, 0.5) is 4.79 Å². The number of nitrogens with zero attached hydrogens (tertiary/aromatic N) is 1. The van der Waals surface area contributed by atoms with Crippen LogP contribution in [0.5, 0.6) is 5.75 Å². The molecule has 354 valence electrons. The number of H-pyrrole nitrogens is 1. The van der Waals surface area contributed by atoms with Crippen molar-refractivity contribution in [2.75, 3.05) is 32.8 Å². The summed E-state index contributed by atoms with van der Waals surface area (Å²) in [4.78, 5) is 55.9. The third-order valence-corrected chi connectivity index (χ3v) is 11.8. The van der Waals surface area contributed by atoms with Crippen LogP contribution >= 0.6 is 19.4 Å². The molecule has 15 heteroatoms. The summed E-state index contributed by atoms with van der Waals surface area (Å²) < 4.78 is 27.8. The Morgan fingerprint density at radius 2 is 1.30 bits per heavy atom. The van der Waals surface area contributed by atoms with Crippen molar-refractivity contribution in [3.8, 4) is 5.75 Å². The normalized spacial score (nSPS) is 13.3. The summed E-state index contributed by atoms with van der Waals surface area (Å²) in [5.41, 5.74) is 1.94. The summed E-state index contributed by atoms with van der Waals surface area (Å²) in [6, 6.07) is 21.8. The molecule has 3 atom stereocenters. The Morgan fingerprint density at radius 3 is 1.91 bits per heavy atom. The van der Waals surface area contributed by atoms with E-state index in [0.717, 1.165) is 79.8 Å². The third kappa shape index (κ3) is 21.5. The van der Waals surface area contributed by atoms with Gasteiger partial charge >= 0.3 is 13.9 Å². The van der Waals surface area contributed by atoms with E-state index in [1.54, 1.807) is 39.0 Å². The number of aromatic nitrogens is 1. The highest BCUT2D eigenvalue weighted by molar-refractivity contribution is 7.47. The molecule has 0 saturated heterocycles. The van der Waals surface area contributed by atoms with Crippen molar-refractivity contribution < 1.29 is 37.6 Å². The molecule has 1 aromatic heterocycles. The molecular formula is C49H73ClN5O8P. The van der Waals surface area contributed by atoms with Crippen LogP contribution in [0.1, 0.15) is 117 Å². The van der Waals surface area contributed by atoms with Crippen molar-refractivity contribution in [3.63, 3.8) is 0 Å². The molecule has 0 aliphatic carbocycles. The van der Waals surface area contributed by atoms with Gasteiger partial charge < -0.3 is 35.1 Å². The third-order valence-electron chi connectivity index (χ3n) is 10.5. The van der Waals surface area contributed by atoms with Crippen molar-refractivity contribution in [2.24, 2.45) is 0 Å². The Bertz CT molecular complexity index is 2000. The first kappa shape index (κ1) is 53.9. The van der Waals surface area contributed by atoms with Gasteiger partial charge in [0.1, 0.15) is 23.4 Å². The number of ether oxygens (including phenoxy) is 1. The summed E-state index contributed by atoms with van der Waals surface area (Å²) in [6.07, 6.45) is 11.4. The van der Waals surface area contributed by atoms with Crippen molar-refractivity contribution in [3.05, 3.63) is 101 Å². The zero-order valence-electron chi connectivity index (χ0n) is 38.8. The summed E-state index contributed by atoms with van der Waals surface area (Å²) in [6.45, 7) is 16.0. The number of alkyl carbamates (subject to hydrolysis) is 1. The molecule has 0 bridgehead atoms. The SMILES string of the molecule is CC(C)(C)OC(=O)N[C@@H](Cc1ccccc1)C(=O)N[C@H](Cc1c[nH]c2ccccc12)C(=O)NCCCCCCCCCCCCOP(=O)(O)Oc1ccccc1Cl.CCN(CC)CC. The van der Waals surface area contributed by atoms with Gasteiger partial charge in [0, 0.05) is 36.5 Å². The number of fused-ring (bicyclic) bond motifs is 1. The number of aromatic amines is 1. The number of rotatable bonds is 27. The Morgan fingerprint density at radius 1 is 0.734 bits per heavy atom. The minimum Gasteiger partial charge on any atom is -0.444 e. The molecule has 0 spiro atoms. The second-order valence-corrected chi connectivity index (χ2v) is 18.6. The molecule has 4 aromatic rings. The number of halogens is 1. The van der Waals surface area contributed by atoms with Gasteiger partial charge in [-0.2, -0.15) is 0 Å². The van der Waals surface area contributed by atoms with Crippen molar-refractivity contribution in [1.29, 1.82) is 0 Å². The van der Waals surface area contributed by atoms with Gasteiger partial charge in [-0.25, -0.2) is 9.36 Å². The standard InChI is InChI=1S/C43H58ClN4O8P.C6H15N/c1-43(2,3)55-42(51)48-37(29-32-21-13-12-14-22-32)41(50)47-38(30-33-31-46-36-25-17-15-23-34(33)36)40(49)45-27-19-10-8-6-4-5-7-9-11-20-28-54-57(52,53)56-39-26-18-16-24-35(39)44;1-4-7(5-2)6-3/h12-18,21-26,31,37-38,46H,4-11,19-20,27-30H2,1-3H3,(H,45,49)(H,47,50)(H,48,51)(H,52,53);4-6H2,1-3H3/t37-,38+;/m0./s1. The highest BCUT2D eigenvalue weighted by Crippen LogP contribution is 2.45. The van der Waals surface area contributed by atoms with Gasteiger partial charge in [0.25, 0.3) is 0 Å². The van der Waals surface area contributed by atoms with Crippen molar-refractivity contribution in [2.45, 2.75) is 136 Å². The van der Waals surface area contributed by atoms with Gasteiger partial charge in [-0.15, -0.1) is 0 Å². The lowest BCUT2D eigenvalue weighted by molar-refractivity contribution is -0.130. The minimum absolute atomic E-state index is 0.113. The predicted molar refractivity (Wildman–Crippen MR) is 258 cm³/mol. The molecule has 0 fully saturated rings. The molecule has 64 heavy (non-hydrogen) atoms. The van der Waals surface area contributed by atoms with Crippen LogP contribution in [-0.4, -0.2) is 83.2 Å². The predicted octanol–water partition coefficient (Wildman–Crippen LogP) is 10.5. The van der Waals surface area contributed by atoms with E-state index in [1.165, 1.54) is 25.7 Å². The van der Waals surface area contributed by atoms with Crippen LogP contribution in [0.2, 0.25) is 5.02 Å². The second kappa shape index (κ2) is 29.2. The first-order valence-corrected chi connectivity index (χ1v) is 24.8. The number of phosphoric ester groups is 1. The van der Waals surface area contributed by atoms with E-state index < -0.39 is 37.5 Å². The summed E-state index contributed by atoms with van der Waals surface area (Å²) >= 11 is 5.98. The van der Waals surface area contributed by atoms with Gasteiger partial charge in [0.2, 0.25) is 11.8 Å². The van der Waals surface area contributed by atoms with Gasteiger partial charge in [0.05, 0.1) is 11.6 Å². The highest BCUT2D eigenvalue weighted by Gasteiger charge is 2.29. The lowest BCUT2D eigenvalue weighted by atomic mass is 10.0. The lowest BCUT2D eigenvalue weighted by Crippen LogP contribution is -2.55. The highest BCUT2D eigenvalue weighted by atomic mass is 35.5. The smallest absolute Gasteiger partial charge is 0.444 e. The van der Waals surface area contributed by atoms with Crippen molar-refractivity contribution >= 4 is 48.2 Å². The summed E-state index contributed by atoms with van der Waals surface area (Å²) in [5.74, 6) is -0.653. The van der Waals surface area contributed by atoms with E-state index >= 15 is 0 Å². The number of carbonyl (C=O) groups is 3. The fraction of sp³-hybridized carbons (Fsp3) is 0.531. The number of phosphoric acid groups is 1. The van der Waals surface area contributed by atoms with Gasteiger partial charge in [-0.05, 0) is 82.6 Å². The molecule has 0 aliphatic rings. The molecule has 3 amide bonds. The second-order valence-electron chi connectivity index (χ2n) is 16.8. The number of para-hydroxylation sites is 2. The molecule has 0 saturated carbocycles. The molecule has 4 rings (SSSR count). The maximum absolute atomic E-state index is 13.8. The Labute approximate surface area is 386 Å². The van der Waals surface area contributed by atoms with Gasteiger partial charge in [-0.1, -0.05) is 144 Å². The molecule has 0 aliphatic heterocycles. The van der Waals surface area contributed by atoms with E-state index in [-0.39, 0.29) is 36.1 Å². The average molecular weight is 927 g/mol. The van der Waals surface area contributed by atoms with E-state index in [0.29, 0.717) is 13.0 Å². The molecule has 0 radical (unpaired) electrons. The molecule has 13 nitrogen and oxygen atoms in total. The molecule has 1 unspecified atom stereocenters. The van der Waals surface area contributed by atoms with Gasteiger partial charge in [0.15, 0.2) is 0 Å². The van der Waals surface area contributed by atoms with E-state index in [9.17, 15) is 23.8 Å². The van der Waals surface area contributed by atoms with E-state index in [4.69, 9.17) is 25.4 Å². The maximum atomic E-state index is 13.8. The lowest BCUT2D eigenvalue weighted by Gasteiger charge is -2.25. The topological polar surface area (TPSA) is 171 Å². The zero-order valence-corrected chi connectivity index (χ0v) is 40.5. The number of carbonyl (C=O) groups excluding carboxylic acids is 3. The maximum Gasteiger partial charge on any atom is 0.527 e. The Hall–Kier alpha value is -4.39. The summed E-state index contributed by atoms with van der Waals surface area (Å²) in [5, 5.41) is 9.92. The zero-order chi connectivity index (χ0) is 46.8. The number of benzene rings is 3. The van der Waals surface area contributed by atoms with Crippen molar-refractivity contribution in [1.82, 2.24) is 25.8 Å². The minimum atomic E-state index is -4.23. The van der Waals surface area contributed by atoms with Crippen LogP contribution in [-0.2, 0) is 36.3 Å². The Balaban J connectivity index is 0.00000143. The largest absolute Gasteiger partial charge is 0.527 e. The monoisotopic (exact) mass is 925 g/mol. The number of amides is 3. The fourth-order valence-corrected chi connectivity index (χ4v) is 8.06. The van der Waals surface area contributed by atoms with E-state index in [1.807, 2.05) is 60.8 Å². The van der Waals surface area contributed by atoms with Crippen LogP contribution in [0.15, 0.2) is 85.1 Å². The number of hydrogen-bond donors (Lipinski definition) is 5. The fourth-order valence-electron chi connectivity index (χ4n) is 7.01. The summed E-state index contributed by atoms with van der Waals surface area (Å²) in [7, 11) is -4.23. The number of nitrogens with one attached hydrogen (secondary N) is 4. The molecular weight excluding hydrogens is 853 g/mol. The molecule has 1 heterocycles. The van der Waals surface area contributed by atoms with Gasteiger partial charge in [-0.3, -0.25) is 19.0 Å². The van der Waals surface area contributed by atoms with Crippen LogP contribution in [0.3, 0.4) is 0 Å². The number of hydrogen-bond acceptors (Lipinski definition) is 8.